The molecule has 0 saturated heterocycles. The summed E-state index contributed by atoms with van der Waals surface area (Å²) in [5.41, 5.74) is 0. The van der Waals surface area contributed by atoms with Gasteiger partial charge in [-0.05, 0) is 58.0 Å². The Morgan fingerprint density at radius 2 is 1.00 bits per heavy atom. The molecule has 27 heavy (non-hydrogen) atoms. The second-order valence-electron chi connectivity index (χ2n) is 7.97. The van der Waals surface area contributed by atoms with Gasteiger partial charge in [0.1, 0.15) is 0 Å². The van der Waals surface area contributed by atoms with E-state index in [0.29, 0.717) is 6.42 Å². The van der Waals surface area contributed by atoms with E-state index in [0.717, 1.165) is 19.4 Å². The zero-order valence-electron chi connectivity index (χ0n) is 18.3. The monoisotopic (exact) mass is 383 g/mol. The fourth-order valence-electron chi connectivity index (χ4n) is 3.46. The Morgan fingerprint density at radius 1 is 0.593 bits per heavy atom. The second kappa shape index (κ2) is 23.7. The van der Waals surface area contributed by atoms with Crippen LogP contribution in [0.25, 0.3) is 0 Å². The first-order chi connectivity index (χ1) is 13.3. The molecule has 0 bridgehead atoms. The molecule has 3 nitrogen and oxygen atoms in total. The summed E-state index contributed by atoms with van der Waals surface area (Å²) >= 11 is 0. The van der Waals surface area contributed by atoms with Crippen LogP contribution in [0, 0.1) is 0 Å². The number of unbranched alkanes of at least 4 members (excludes halogenated alkanes) is 15. The fourth-order valence-corrected chi connectivity index (χ4v) is 3.46. The molecule has 0 saturated carbocycles. The van der Waals surface area contributed by atoms with Gasteiger partial charge in [0.15, 0.2) is 6.29 Å². The van der Waals surface area contributed by atoms with E-state index in [1.807, 2.05) is 0 Å². The first kappa shape index (κ1) is 26.6. The molecule has 0 aromatic heterocycles. The lowest BCUT2D eigenvalue weighted by Gasteiger charge is -2.03. The van der Waals surface area contributed by atoms with Gasteiger partial charge in [0.05, 0.1) is 0 Å². The van der Waals surface area contributed by atoms with Gasteiger partial charge < -0.3 is 15.5 Å². The maximum atomic E-state index is 8.76. The Kier molecular flexibility index (Phi) is 23.3. The van der Waals surface area contributed by atoms with Crippen LogP contribution in [0.1, 0.15) is 122 Å². The number of rotatable bonds is 22. The number of hydrogen-bond acceptors (Lipinski definition) is 3. The lowest BCUT2D eigenvalue weighted by molar-refractivity contribution is -0.0466. The molecular formula is C24H49NO2. The number of hydrogen-bond donors (Lipinski definition) is 3. The lowest BCUT2D eigenvalue weighted by atomic mass is 10.1. The Labute approximate surface area is 170 Å². The van der Waals surface area contributed by atoms with Crippen molar-refractivity contribution in [3.8, 4) is 0 Å². The van der Waals surface area contributed by atoms with Crippen LogP contribution in [0.15, 0.2) is 12.2 Å². The second-order valence-corrected chi connectivity index (χ2v) is 7.97. The third-order valence-electron chi connectivity index (χ3n) is 5.22. The quantitative estimate of drug-likeness (QED) is 0.114. The van der Waals surface area contributed by atoms with Gasteiger partial charge in [-0.15, -0.1) is 0 Å². The molecule has 0 rings (SSSR count). The maximum absolute atomic E-state index is 8.76. The van der Waals surface area contributed by atoms with Gasteiger partial charge in [-0.25, -0.2) is 0 Å². The van der Waals surface area contributed by atoms with E-state index in [4.69, 9.17) is 10.2 Å². The van der Waals surface area contributed by atoms with Crippen LogP contribution in [0.5, 0.6) is 0 Å². The molecule has 0 heterocycles. The summed E-state index contributed by atoms with van der Waals surface area (Å²) in [6, 6.07) is 0. The Balaban J connectivity index is 3.06. The minimum absolute atomic E-state index is 0.525. The van der Waals surface area contributed by atoms with Crippen molar-refractivity contribution in [2.24, 2.45) is 0 Å². The first-order valence-electron chi connectivity index (χ1n) is 12.0. The van der Waals surface area contributed by atoms with E-state index in [1.165, 1.54) is 103 Å². The molecule has 0 unspecified atom stereocenters. The highest BCUT2D eigenvalue weighted by Gasteiger charge is 1.96. The van der Waals surface area contributed by atoms with E-state index in [9.17, 15) is 0 Å². The number of nitrogens with one attached hydrogen (secondary N) is 1. The van der Waals surface area contributed by atoms with E-state index < -0.39 is 6.29 Å². The SMILES string of the molecule is CCNCCCCCCCCCCCC/C=C\CCCCCCCC(O)O. The van der Waals surface area contributed by atoms with Gasteiger partial charge in [0, 0.05) is 0 Å². The molecule has 0 aromatic rings. The van der Waals surface area contributed by atoms with Crippen LogP contribution in [-0.4, -0.2) is 29.6 Å². The topological polar surface area (TPSA) is 52.5 Å². The summed E-state index contributed by atoms with van der Waals surface area (Å²) < 4.78 is 0. The van der Waals surface area contributed by atoms with E-state index in [-0.39, 0.29) is 0 Å². The smallest absolute Gasteiger partial charge is 0.151 e. The number of allylic oxidation sites excluding steroid dienone is 2. The van der Waals surface area contributed by atoms with Crippen LogP contribution >= 0.6 is 0 Å². The van der Waals surface area contributed by atoms with Crippen molar-refractivity contribution in [1.82, 2.24) is 5.32 Å². The Hall–Kier alpha value is -0.380. The van der Waals surface area contributed by atoms with Crippen molar-refractivity contribution in [3.05, 3.63) is 12.2 Å². The van der Waals surface area contributed by atoms with Crippen molar-refractivity contribution < 1.29 is 10.2 Å². The van der Waals surface area contributed by atoms with Crippen molar-refractivity contribution in [2.75, 3.05) is 13.1 Å². The van der Waals surface area contributed by atoms with Gasteiger partial charge in [-0.1, -0.05) is 89.7 Å². The third kappa shape index (κ3) is 25.6. The molecular weight excluding hydrogens is 334 g/mol. The summed E-state index contributed by atoms with van der Waals surface area (Å²) in [5, 5.41) is 20.9. The van der Waals surface area contributed by atoms with Gasteiger partial charge in [0.2, 0.25) is 0 Å². The maximum Gasteiger partial charge on any atom is 0.151 e. The molecule has 162 valence electrons. The molecule has 0 atom stereocenters. The third-order valence-corrected chi connectivity index (χ3v) is 5.22. The summed E-state index contributed by atoms with van der Waals surface area (Å²) in [5.74, 6) is 0. The van der Waals surface area contributed by atoms with Crippen molar-refractivity contribution in [2.45, 2.75) is 129 Å². The normalized spacial score (nSPS) is 11.9. The van der Waals surface area contributed by atoms with E-state index in [2.05, 4.69) is 24.4 Å². The van der Waals surface area contributed by atoms with Gasteiger partial charge >= 0.3 is 0 Å². The summed E-state index contributed by atoms with van der Waals surface area (Å²) in [4.78, 5) is 0. The van der Waals surface area contributed by atoms with Crippen LogP contribution < -0.4 is 5.32 Å². The van der Waals surface area contributed by atoms with Gasteiger partial charge in [-0.3, -0.25) is 0 Å². The minimum atomic E-state index is -1.11. The predicted molar refractivity (Wildman–Crippen MR) is 119 cm³/mol. The van der Waals surface area contributed by atoms with Crippen molar-refractivity contribution >= 4 is 0 Å². The van der Waals surface area contributed by atoms with Gasteiger partial charge in [0.25, 0.3) is 0 Å². The molecule has 0 aliphatic carbocycles. The predicted octanol–water partition coefficient (Wildman–Crippen LogP) is 6.48. The average molecular weight is 384 g/mol. The van der Waals surface area contributed by atoms with E-state index >= 15 is 0 Å². The Morgan fingerprint density at radius 3 is 1.44 bits per heavy atom. The number of aliphatic hydroxyl groups is 2. The van der Waals surface area contributed by atoms with E-state index in [1.54, 1.807) is 0 Å². The number of aliphatic hydroxyl groups excluding tert-OH is 1. The zero-order valence-corrected chi connectivity index (χ0v) is 18.3. The molecule has 0 aliphatic rings. The highest BCUT2D eigenvalue weighted by molar-refractivity contribution is 4.81. The standard InChI is InChI=1S/C24H49NO2/c1-2-25-23-21-19-17-15-13-11-9-7-5-3-4-6-8-10-12-14-16-18-20-22-24(26)27/h6,8,24-27H,2-5,7,9-23H2,1H3/b8-6-. The molecule has 0 amide bonds. The van der Waals surface area contributed by atoms with Gasteiger partial charge in [-0.2, -0.15) is 0 Å². The summed E-state index contributed by atoms with van der Waals surface area (Å²) in [6.07, 6.45) is 26.4. The van der Waals surface area contributed by atoms with Crippen molar-refractivity contribution in [1.29, 1.82) is 0 Å². The molecule has 3 heteroatoms. The minimum Gasteiger partial charge on any atom is -0.368 e. The lowest BCUT2D eigenvalue weighted by Crippen LogP contribution is -2.13. The fraction of sp³-hybridized carbons (Fsp3) is 0.917. The first-order valence-corrected chi connectivity index (χ1v) is 12.0. The van der Waals surface area contributed by atoms with Crippen molar-refractivity contribution in [3.63, 3.8) is 0 Å². The van der Waals surface area contributed by atoms with Crippen LogP contribution in [0.3, 0.4) is 0 Å². The van der Waals surface area contributed by atoms with Crippen LogP contribution in [0.4, 0.5) is 0 Å². The summed E-state index contributed by atoms with van der Waals surface area (Å²) in [6.45, 7) is 4.48. The highest BCUT2D eigenvalue weighted by atomic mass is 16.5. The molecule has 3 N–H and O–H groups in total. The Bertz CT molecular complexity index is 292. The molecule has 0 fully saturated rings. The summed E-state index contributed by atoms with van der Waals surface area (Å²) in [7, 11) is 0. The molecule has 0 aromatic carbocycles. The molecule has 0 spiro atoms. The molecule has 0 radical (unpaired) electrons. The molecule has 0 aliphatic heterocycles. The highest BCUT2D eigenvalue weighted by Crippen LogP contribution is 2.12. The van der Waals surface area contributed by atoms with Crippen LogP contribution in [0.2, 0.25) is 0 Å². The van der Waals surface area contributed by atoms with Crippen LogP contribution in [-0.2, 0) is 0 Å². The zero-order chi connectivity index (χ0) is 19.8. The average Bonchev–Trinajstić information content (AvgIpc) is 2.65. The largest absolute Gasteiger partial charge is 0.368 e.